The molecular formula is C26H20FN5OS2. The number of ketones is 1. The van der Waals surface area contributed by atoms with Gasteiger partial charge in [0.15, 0.2) is 5.78 Å². The molecule has 0 fully saturated rings. The number of aromatic amines is 1. The largest absolute Gasteiger partial charge is 0.345 e. The van der Waals surface area contributed by atoms with Gasteiger partial charge in [0.25, 0.3) is 0 Å². The van der Waals surface area contributed by atoms with Gasteiger partial charge in [0.2, 0.25) is 0 Å². The number of carbonyl (C=O) groups is 1. The molecule has 174 valence electrons. The fourth-order valence-corrected chi connectivity index (χ4v) is 4.65. The van der Waals surface area contributed by atoms with Crippen LogP contribution in [0.1, 0.15) is 15.9 Å². The Morgan fingerprint density at radius 3 is 2.66 bits per heavy atom. The van der Waals surface area contributed by atoms with E-state index in [1.54, 1.807) is 30.9 Å². The van der Waals surface area contributed by atoms with Gasteiger partial charge in [-0.3, -0.25) is 9.78 Å². The van der Waals surface area contributed by atoms with E-state index in [1.165, 1.54) is 36.0 Å². The fraction of sp³-hybridized carbons (Fsp3) is 0.0385. The topological polar surface area (TPSA) is 82.7 Å². The van der Waals surface area contributed by atoms with Crippen molar-refractivity contribution in [2.45, 2.75) is 4.90 Å². The van der Waals surface area contributed by atoms with Gasteiger partial charge in [-0.1, -0.05) is 24.1 Å². The zero-order valence-electron chi connectivity index (χ0n) is 18.6. The van der Waals surface area contributed by atoms with E-state index in [1.807, 2.05) is 48.7 Å². The predicted molar refractivity (Wildman–Crippen MR) is 142 cm³/mol. The van der Waals surface area contributed by atoms with Crippen LogP contribution in [0.3, 0.4) is 0 Å². The van der Waals surface area contributed by atoms with Crippen molar-refractivity contribution in [2.75, 3.05) is 15.7 Å². The number of nitrogens with zero attached hydrogens (tertiary/aromatic N) is 2. The van der Waals surface area contributed by atoms with E-state index < -0.39 is 11.6 Å². The average Bonchev–Trinajstić information content (AvgIpc) is 3.32. The molecular weight excluding hydrogens is 481 g/mol. The van der Waals surface area contributed by atoms with Crippen LogP contribution >= 0.6 is 23.9 Å². The molecule has 0 amide bonds. The minimum absolute atomic E-state index is 0.0146. The number of halogens is 1. The first-order valence-corrected chi connectivity index (χ1v) is 12.7. The number of benzene rings is 2. The van der Waals surface area contributed by atoms with Crippen LogP contribution in [0.15, 0.2) is 90.3 Å². The molecule has 3 N–H and O–H groups in total. The van der Waals surface area contributed by atoms with Crippen LogP contribution in [0.5, 0.6) is 0 Å². The molecule has 5 aromatic rings. The minimum atomic E-state index is -0.582. The van der Waals surface area contributed by atoms with Crippen LogP contribution in [0.2, 0.25) is 0 Å². The number of carbonyl (C=O) groups excluding carboxylic acids is 1. The third kappa shape index (κ3) is 5.01. The smallest absolute Gasteiger partial charge is 0.198 e. The highest BCUT2D eigenvalue weighted by Gasteiger charge is 2.19. The maximum absolute atomic E-state index is 14.7. The first kappa shape index (κ1) is 22.9. The van der Waals surface area contributed by atoms with Gasteiger partial charge in [0, 0.05) is 63.8 Å². The lowest BCUT2D eigenvalue weighted by Crippen LogP contribution is -2.04. The summed E-state index contributed by atoms with van der Waals surface area (Å²) in [5.41, 5.74) is 4.32. The number of nitrogens with one attached hydrogen (secondary N) is 3. The molecule has 0 aliphatic carbocycles. The molecule has 0 atom stereocenters. The number of fused-ring (bicyclic) bond motifs is 1. The van der Waals surface area contributed by atoms with Crippen molar-refractivity contribution in [3.8, 4) is 11.1 Å². The van der Waals surface area contributed by atoms with Gasteiger partial charge in [-0.2, -0.15) is 0 Å². The Labute approximate surface area is 210 Å². The molecule has 3 aromatic heterocycles. The van der Waals surface area contributed by atoms with Crippen LogP contribution in [-0.4, -0.2) is 27.0 Å². The molecule has 6 nitrogen and oxygen atoms in total. The lowest BCUT2D eigenvalue weighted by Gasteiger charge is -2.09. The van der Waals surface area contributed by atoms with E-state index >= 15 is 0 Å². The van der Waals surface area contributed by atoms with Crippen molar-refractivity contribution in [3.05, 3.63) is 102 Å². The highest BCUT2D eigenvalue weighted by atomic mass is 32.2. The maximum Gasteiger partial charge on any atom is 0.198 e. The van der Waals surface area contributed by atoms with E-state index in [2.05, 4.69) is 24.4 Å². The highest BCUT2D eigenvalue weighted by molar-refractivity contribution is 8.00. The summed E-state index contributed by atoms with van der Waals surface area (Å²) in [5.74, 6) is -0.998. The number of anilines is 2. The number of hydrogen-bond acceptors (Lipinski definition) is 7. The second-order valence-corrected chi connectivity index (χ2v) is 9.12. The van der Waals surface area contributed by atoms with E-state index in [0.29, 0.717) is 22.3 Å². The van der Waals surface area contributed by atoms with Gasteiger partial charge in [-0.15, -0.1) is 0 Å². The molecule has 0 aliphatic heterocycles. The van der Waals surface area contributed by atoms with Crippen LogP contribution < -0.4 is 9.44 Å². The molecule has 9 heteroatoms. The highest BCUT2D eigenvalue weighted by Crippen LogP contribution is 2.29. The molecule has 0 spiro atoms. The third-order valence-corrected chi connectivity index (χ3v) is 6.58. The van der Waals surface area contributed by atoms with Crippen LogP contribution in [0.25, 0.3) is 22.2 Å². The zero-order chi connectivity index (χ0) is 24.2. The van der Waals surface area contributed by atoms with Crippen molar-refractivity contribution < 1.29 is 9.18 Å². The molecule has 0 bridgehead atoms. The molecule has 0 saturated carbocycles. The lowest BCUT2D eigenvalue weighted by atomic mass is 10.00. The zero-order valence-corrected chi connectivity index (χ0v) is 20.2. The number of H-pyrrole nitrogens is 1. The molecule has 0 saturated heterocycles. The summed E-state index contributed by atoms with van der Waals surface area (Å²) in [5, 5.41) is 0.637. The van der Waals surface area contributed by atoms with Gasteiger partial charge in [0.1, 0.15) is 11.5 Å². The summed E-state index contributed by atoms with van der Waals surface area (Å²) in [7, 11) is 0. The van der Waals surface area contributed by atoms with E-state index in [-0.39, 0.29) is 5.56 Å². The van der Waals surface area contributed by atoms with Gasteiger partial charge in [-0.25, -0.2) is 9.37 Å². The van der Waals surface area contributed by atoms with Crippen LogP contribution in [-0.2, 0) is 0 Å². The Balaban J connectivity index is 1.46. The fourth-order valence-electron chi connectivity index (χ4n) is 3.66. The van der Waals surface area contributed by atoms with Gasteiger partial charge < -0.3 is 14.4 Å². The number of aromatic nitrogens is 3. The molecule has 0 unspecified atom stereocenters. The van der Waals surface area contributed by atoms with Crippen molar-refractivity contribution >= 4 is 52.1 Å². The van der Waals surface area contributed by atoms with Gasteiger partial charge in [-0.05, 0) is 66.0 Å². The molecule has 2 aromatic carbocycles. The summed E-state index contributed by atoms with van der Waals surface area (Å²) in [6.45, 7) is 0. The minimum Gasteiger partial charge on any atom is -0.345 e. The molecule has 3 heterocycles. The van der Waals surface area contributed by atoms with Gasteiger partial charge in [0.05, 0.1) is 5.56 Å². The summed E-state index contributed by atoms with van der Waals surface area (Å²) in [6.07, 6.45) is 8.71. The monoisotopic (exact) mass is 501 g/mol. The molecule has 35 heavy (non-hydrogen) atoms. The maximum atomic E-state index is 14.7. The number of rotatable bonds is 8. The summed E-state index contributed by atoms with van der Waals surface area (Å²) in [6, 6.07) is 18.0. The molecule has 0 radical (unpaired) electrons. The first-order valence-electron chi connectivity index (χ1n) is 10.7. The second kappa shape index (κ2) is 10.2. The van der Waals surface area contributed by atoms with Crippen molar-refractivity contribution in [2.24, 2.45) is 0 Å². The summed E-state index contributed by atoms with van der Waals surface area (Å²) < 4.78 is 21.1. The SMILES string of the molecule is CSNc1cccc(-c2cnc3[nH]cc(C(=O)c4cc(NSc5cccnc5)ccc4F)c3c2)c1. The normalized spacial score (nSPS) is 10.9. The molecule has 0 aliphatic rings. The van der Waals surface area contributed by atoms with Gasteiger partial charge >= 0.3 is 0 Å². The summed E-state index contributed by atoms with van der Waals surface area (Å²) >= 11 is 2.85. The Bertz CT molecular complexity index is 1510. The van der Waals surface area contributed by atoms with Crippen LogP contribution in [0.4, 0.5) is 15.8 Å². The summed E-state index contributed by atoms with van der Waals surface area (Å²) in [4.78, 5) is 25.9. The quantitative estimate of drug-likeness (QED) is 0.159. The third-order valence-electron chi connectivity index (χ3n) is 5.32. The van der Waals surface area contributed by atoms with Crippen molar-refractivity contribution in [1.29, 1.82) is 0 Å². The standard InChI is InChI=1S/C26H20FN5OS2/c1-34-31-18-5-2-4-16(10-18)17-11-21-23(15-30-26(21)29-13-17)25(33)22-12-19(7-8-24(22)27)32-35-20-6-3-9-28-14-20/h2-15,31-32H,1H3,(H,29,30). The average molecular weight is 502 g/mol. The molecule has 5 rings (SSSR count). The number of pyridine rings is 2. The van der Waals surface area contributed by atoms with E-state index in [9.17, 15) is 9.18 Å². The van der Waals surface area contributed by atoms with Crippen LogP contribution in [0, 0.1) is 5.82 Å². The first-order chi connectivity index (χ1) is 17.1. The Hall–Kier alpha value is -3.82. The number of hydrogen-bond donors (Lipinski definition) is 3. The predicted octanol–water partition coefficient (Wildman–Crippen LogP) is 6.80. The Kier molecular flexibility index (Phi) is 6.69. The van der Waals surface area contributed by atoms with Crippen molar-refractivity contribution in [3.63, 3.8) is 0 Å². The van der Waals surface area contributed by atoms with E-state index in [0.717, 1.165) is 21.7 Å². The Morgan fingerprint density at radius 1 is 0.943 bits per heavy atom. The van der Waals surface area contributed by atoms with Crippen molar-refractivity contribution in [1.82, 2.24) is 15.0 Å². The Morgan fingerprint density at radius 2 is 1.83 bits per heavy atom. The second-order valence-electron chi connectivity index (χ2n) is 7.63. The lowest BCUT2D eigenvalue weighted by molar-refractivity contribution is 0.103. The van der Waals surface area contributed by atoms with E-state index in [4.69, 9.17) is 0 Å².